The molecule has 3 heteroatoms. The van der Waals surface area contributed by atoms with Crippen LogP contribution in [0.5, 0.6) is 0 Å². The topological polar surface area (TPSA) is 34.1 Å². The molecule has 1 heterocycles. The van der Waals surface area contributed by atoms with Crippen molar-refractivity contribution in [1.82, 2.24) is 10.3 Å². The van der Waals surface area contributed by atoms with Gasteiger partial charge in [0.05, 0.1) is 17.7 Å². The van der Waals surface area contributed by atoms with Crippen molar-refractivity contribution >= 4 is 10.9 Å². The third-order valence-corrected chi connectivity index (χ3v) is 3.68. The van der Waals surface area contributed by atoms with Crippen LogP contribution in [0.25, 0.3) is 10.9 Å². The second-order valence-corrected chi connectivity index (χ2v) is 5.07. The molecule has 0 radical (unpaired) electrons. The first-order valence-electron chi connectivity index (χ1n) is 7.35. The molecule has 108 valence electrons. The molecule has 2 atom stereocenters. The van der Waals surface area contributed by atoms with Gasteiger partial charge in [-0.2, -0.15) is 0 Å². The molecular weight excluding hydrogens is 248 g/mol. The summed E-state index contributed by atoms with van der Waals surface area (Å²) in [6.07, 6.45) is 1.18. The molecular formula is C17H24N2O. The molecule has 0 bridgehead atoms. The fourth-order valence-corrected chi connectivity index (χ4v) is 2.67. The monoisotopic (exact) mass is 272 g/mol. The maximum absolute atomic E-state index is 5.85. The Balaban J connectivity index is 2.36. The number of fused-ring (bicyclic) bond motifs is 1. The van der Waals surface area contributed by atoms with Crippen molar-refractivity contribution in [3.63, 3.8) is 0 Å². The summed E-state index contributed by atoms with van der Waals surface area (Å²) in [5, 5.41) is 4.57. The van der Waals surface area contributed by atoms with Crippen molar-refractivity contribution in [1.29, 1.82) is 0 Å². The summed E-state index contributed by atoms with van der Waals surface area (Å²) in [6.45, 7) is 6.97. The lowest BCUT2D eigenvalue weighted by Gasteiger charge is -2.26. The third-order valence-electron chi connectivity index (χ3n) is 3.68. The normalized spacial score (nSPS) is 14.4. The van der Waals surface area contributed by atoms with Crippen LogP contribution in [-0.2, 0) is 4.74 Å². The molecule has 0 saturated carbocycles. The van der Waals surface area contributed by atoms with Crippen molar-refractivity contribution in [3.8, 4) is 0 Å². The van der Waals surface area contributed by atoms with E-state index in [0.717, 1.165) is 24.2 Å². The number of rotatable bonds is 6. The molecule has 20 heavy (non-hydrogen) atoms. The lowest BCUT2D eigenvalue weighted by Crippen LogP contribution is -2.31. The Hall–Kier alpha value is -1.45. The summed E-state index contributed by atoms with van der Waals surface area (Å²) < 4.78 is 5.85. The van der Waals surface area contributed by atoms with Gasteiger partial charge in [0.1, 0.15) is 0 Å². The molecule has 0 amide bonds. The van der Waals surface area contributed by atoms with Gasteiger partial charge in [0.2, 0.25) is 0 Å². The van der Waals surface area contributed by atoms with E-state index in [1.165, 1.54) is 10.9 Å². The number of aryl methyl sites for hydroxylation is 1. The summed E-state index contributed by atoms with van der Waals surface area (Å²) in [7, 11) is 1.99. The Morgan fingerprint density at radius 3 is 2.65 bits per heavy atom. The van der Waals surface area contributed by atoms with Gasteiger partial charge in [0.25, 0.3) is 0 Å². The van der Waals surface area contributed by atoms with Gasteiger partial charge in [-0.25, -0.2) is 0 Å². The fraction of sp³-hybridized carbons (Fsp3) is 0.471. The second kappa shape index (κ2) is 6.82. The van der Waals surface area contributed by atoms with Gasteiger partial charge in [-0.15, -0.1) is 0 Å². The first-order valence-corrected chi connectivity index (χ1v) is 7.35. The Morgan fingerprint density at radius 2 is 2.00 bits per heavy atom. The van der Waals surface area contributed by atoms with Gasteiger partial charge in [-0.05, 0) is 51.1 Å². The van der Waals surface area contributed by atoms with Crippen LogP contribution < -0.4 is 5.32 Å². The number of hydrogen-bond donors (Lipinski definition) is 1. The summed E-state index contributed by atoms with van der Waals surface area (Å²) in [6, 6.07) is 10.9. The minimum absolute atomic E-state index is 0.195. The zero-order valence-corrected chi connectivity index (χ0v) is 12.8. The summed E-state index contributed by atoms with van der Waals surface area (Å²) >= 11 is 0. The average Bonchev–Trinajstić information content (AvgIpc) is 2.47. The van der Waals surface area contributed by atoms with E-state index in [9.17, 15) is 0 Å². The van der Waals surface area contributed by atoms with Crippen LogP contribution in [0, 0.1) is 6.92 Å². The van der Waals surface area contributed by atoms with Crippen molar-refractivity contribution in [3.05, 3.63) is 41.6 Å². The molecule has 1 aromatic carbocycles. The quantitative estimate of drug-likeness (QED) is 0.872. The molecule has 2 rings (SSSR count). The molecule has 0 aliphatic carbocycles. The fourth-order valence-electron chi connectivity index (χ4n) is 2.67. The van der Waals surface area contributed by atoms with Gasteiger partial charge in [0, 0.05) is 17.7 Å². The predicted octanol–water partition coefficient (Wildman–Crippen LogP) is 3.62. The number of benzene rings is 1. The Labute approximate surface area is 121 Å². The zero-order chi connectivity index (χ0) is 14.5. The third kappa shape index (κ3) is 3.17. The van der Waals surface area contributed by atoms with E-state index in [1.54, 1.807) is 0 Å². The first-order chi connectivity index (χ1) is 9.69. The highest BCUT2D eigenvalue weighted by atomic mass is 16.5. The van der Waals surface area contributed by atoms with Crippen molar-refractivity contribution in [2.45, 2.75) is 39.3 Å². The Bertz CT molecular complexity index is 568. The molecule has 0 aliphatic rings. The zero-order valence-electron chi connectivity index (χ0n) is 12.8. The van der Waals surface area contributed by atoms with E-state index in [0.29, 0.717) is 0 Å². The molecule has 0 saturated heterocycles. The van der Waals surface area contributed by atoms with Gasteiger partial charge in [0.15, 0.2) is 0 Å². The van der Waals surface area contributed by atoms with E-state index in [1.807, 2.05) is 20.9 Å². The van der Waals surface area contributed by atoms with E-state index >= 15 is 0 Å². The minimum atomic E-state index is 0.195. The molecule has 0 fully saturated rings. The number of nitrogens with zero attached hydrogens (tertiary/aromatic N) is 1. The van der Waals surface area contributed by atoms with Gasteiger partial charge in [-0.3, -0.25) is 4.98 Å². The van der Waals surface area contributed by atoms with Crippen molar-refractivity contribution in [2.75, 3.05) is 13.7 Å². The van der Waals surface area contributed by atoms with Crippen LogP contribution in [0.4, 0.5) is 0 Å². The molecule has 2 aromatic rings. The van der Waals surface area contributed by atoms with E-state index < -0.39 is 0 Å². The first kappa shape index (κ1) is 14.9. The SMILES string of the molecule is CCOC(CC)C(NC)c1ccc2nc(C)ccc2c1. The molecule has 2 unspecified atom stereocenters. The number of likely N-dealkylation sites (N-methyl/N-ethyl adjacent to an activating group) is 1. The highest BCUT2D eigenvalue weighted by Gasteiger charge is 2.20. The summed E-state index contributed by atoms with van der Waals surface area (Å²) in [5.41, 5.74) is 3.36. The van der Waals surface area contributed by atoms with Crippen LogP contribution in [0.1, 0.15) is 37.6 Å². The van der Waals surface area contributed by atoms with E-state index in [2.05, 4.69) is 47.6 Å². The van der Waals surface area contributed by atoms with Crippen LogP contribution in [0.2, 0.25) is 0 Å². The minimum Gasteiger partial charge on any atom is -0.377 e. The average molecular weight is 272 g/mol. The highest BCUT2D eigenvalue weighted by molar-refractivity contribution is 5.79. The molecule has 1 aromatic heterocycles. The second-order valence-electron chi connectivity index (χ2n) is 5.07. The maximum Gasteiger partial charge on any atom is 0.0766 e. The smallest absolute Gasteiger partial charge is 0.0766 e. The Kier molecular flexibility index (Phi) is 5.10. The summed E-state index contributed by atoms with van der Waals surface area (Å²) in [5.74, 6) is 0. The number of ether oxygens (including phenoxy) is 1. The van der Waals surface area contributed by atoms with Crippen LogP contribution in [0.15, 0.2) is 30.3 Å². The largest absolute Gasteiger partial charge is 0.377 e. The number of hydrogen-bond acceptors (Lipinski definition) is 3. The summed E-state index contributed by atoms with van der Waals surface area (Å²) in [4.78, 5) is 4.55. The molecule has 0 aliphatic heterocycles. The van der Waals surface area contributed by atoms with Gasteiger partial charge in [-0.1, -0.05) is 19.1 Å². The van der Waals surface area contributed by atoms with Crippen LogP contribution in [0.3, 0.4) is 0 Å². The lowest BCUT2D eigenvalue weighted by atomic mass is 9.98. The Morgan fingerprint density at radius 1 is 1.20 bits per heavy atom. The molecule has 1 N–H and O–H groups in total. The van der Waals surface area contributed by atoms with Crippen molar-refractivity contribution in [2.24, 2.45) is 0 Å². The molecule has 0 spiro atoms. The standard InChI is InChI=1S/C17H24N2O/c1-5-16(20-6-2)17(18-4)14-9-10-15-13(11-14)8-7-12(3)19-15/h7-11,16-18H,5-6H2,1-4H3. The van der Waals surface area contributed by atoms with Gasteiger partial charge < -0.3 is 10.1 Å². The number of nitrogens with one attached hydrogen (secondary N) is 1. The van der Waals surface area contributed by atoms with Crippen LogP contribution >= 0.6 is 0 Å². The predicted molar refractivity (Wildman–Crippen MR) is 84.0 cm³/mol. The van der Waals surface area contributed by atoms with E-state index in [4.69, 9.17) is 4.74 Å². The molecule has 3 nitrogen and oxygen atoms in total. The van der Waals surface area contributed by atoms with Gasteiger partial charge >= 0.3 is 0 Å². The lowest BCUT2D eigenvalue weighted by molar-refractivity contribution is 0.0334. The number of aromatic nitrogens is 1. The maximum atomic E-state index is 5.85. The van der Waals surface area contributed by atoms with Crippen molar-refractivity contribution < 1.29 is 4.74 Å². The highest BCUT2D eigenvalue weighted by Crippen LogP contribution is 2.24. The number of pyridine rings is 1. The van der Waals surface area contributed by atoms with E-state index in [-0.39, 0.29) is 12.1 Å². The van der Waals surface area contributed by atoms with Crippen LogP contribution in [-0.4, -0.2) is 24.7 Å².